The minimum absolute atomic E-state index is 0.220. The van der Waals surface area contributed by atoms with E-state index >= 15 is 0 Å². The van der Waals surface area contributed by atoms with Gasteiger partial charge in [-0.2, -0.15) is 4.91 Å². The van der Waals surface area contributed by atoms with Crippen molar-refractivity contribution in [2.75, 3.05) is 6.79 Å². The summed E-state index contributed by atoms with van der Waals surface area (Å²) >= 11 is 0. The van der Waals surface area contributed by atoms with Gasteiger partial charge in [0.15, 0.2) is 11.5 Å². The lowest BCUT2D eigenvalue weighted by molar-refractivity contribution is 0.173. The first-order chi connectivity index (χ1) is 6.33. The van der Waals surface area contributed by atoms with Gasteiger partial charge in [-0.3, -0.25) is 0 Å². The van der Waals surface area contributed by atoms with Crippen LogP contribution in [0.1, 0.15) is 18.5 Å². The second kappa shape index (κ2) is 3.05. The molecule has 68 valence electrons. The standard InChI is InChI=1S/C9H9NO3/c1-6(10-11)7-3-2-4-8-9(7)13-5-12-8/h2-4,6H,5H2,1H3. The number of ether oxygens (including phenoxy) is 2. The molecule has 0 amide bonds. The zero-order valence-corrected chi connectivity index (χ0v) is 7.19. The normalized spacial score (nSPS) is 15.5. The van der Waals surface area contributed by atoms with Gasteiger partial charge in [-0.05, 0) is 13.0 Å². The molecule has 0 saturated carbocycles. The maximum absolute atomic E-state index is 10.4. The van der Waals surface area contributed by atoms with Gasteiger partial charge in [-0.1, -0.05) is 17.3 Å². The van der Waals surface area contributed by atoms with E-state index in [9.17, 15) is 4.91 Å². The van der Waals surface area contributed by atoms with E-state index in [2.05, 4.69) is 5.18 Å². The molecule has 2 rings (SSSR count). The van der Waals surface area contributed by atoms with E-state index in [0.29, 0.717) is 11.5 Å². The monoisotopic (exact) mass is 179 g/mol. The quantitative estimate of drug-likeness (QED) is 0.654. The minimum atomic E-state index is -0.392. The summed E-state index contributed by atoms with van der Waals surface area (Å²) < 4.78 is 10.4. The molecule has 0 bridgehead atoms. The van der Waals surface area contributed by atoms with Crippen LogP contribution in [0.15, 0.2) is 23.4 Å². The molecule has 13 heavy (non-hydrogen) atoms. The van der Waals surface area contributed by atoms with Crippen LogP contribution in [-0.2, 0) is 0 Å². The van der Waals surface area contributed by atoms with Crippen LogP contribution in [0.2, 0.25) is 0 Å². The molecule has 0 aliphatic carbocycles. The fraction of sp³-hybridized carbons (Fsp3) is 0.333. The lowest BCUT2D eigenvalue weighted by Crippen LogP contribution is -1.95. The Morgan fingerprint density at radius 2 is 2.31 bits per heavy atom. The zero-order valence-electron chi connectivity index (χ0n) is 7.19. The minimum Gasteiger partial charge on any atom is -0.454 e. The Labute approximate surface area is 75.4 Å². The first-order valence-corrected chi connectivity index (χ1v) is 4.04. The summed E-state index contributed by atoms with van der Waals surface area (Å²) in [7, 11) is 0. The molecule has 0 saturated heterocycles. The summed E-state index contributed by atoms with van der Waals surface area (Å²) in [5.41, 5.74) is 0.782. The summed E-state index contributed by atoms with van der Waals surface area (Å²) in [5.74, 6) is 1.34. The molecule has 1 aliphatic heterocycles. The Morgan fingerprint density at radius 1 is 1.46 bits per heavy atom. The van der Waals surface area contributed by atoms with Crippen molar-refractivity contribution >= 4 is 0 Å². The average molecular weight is 179 g/mol. The highest BCUT2D eigenvalue weighted by Crippen LogP contribution is 2.39. The third kappa shape index (κ3) is 1.24. The Kier molecular flexibility index (Phi) is 1.88. The maximum Gasteiger partial charge on any atom is 0.231 e. The van der Waals surface area contributed by atoms with E-state index < -0.39 is 6.04 Å². The number of para-hydroxylation sites is 1. The summed E-state index contributed by atoms with van der Waals surface area (Å²) in [4.78, 5) is 10.4. The summed E-state index contributed by atoms with van der Waals surface area (Å²) in [6, 6.07) is 5.06. The van der Waals surface area contributed by atoms with Crippen LogP contribution in [0.5, 0.6) is 11.5 Å². The van der Waals surface area contributed by atoms with Crippen molar-refractivity contribution in [2.24, 2.45) is 5.18 Å². The van der Waals surface area contributed by atoms with E-state index in [-0.39, 0.29) is 6.79 Å². The largest absolute Gasteiger partial charge is 0.454 e. The van der Waals surface area contributed by atoms with Gasteiger partial charge in [0.2, 0.25) is 6.79 Å². The predicted octanol–water partition coefficient (Wildman–Crippen LogP) is 2.24. The molecular weight excluding hydrogens is 170 g/mol. The lowest BCUT2D eigenvalue weighted by atomic mass is 10.1. The number of nitrogens with zero attached hydrogens (tertiary/aromatic N) is 1. The SMILES string of the molecule is CC(N=O)c1cccc2c1OCO2. The molecule has 1 aromatic rings. The van der Waals surface area contributed by atoms with E-state index in [1.165, 1.54) is 0 Å². The predicted molar refractivity (Wildman–Crippen MR) is 46.8 cm³/mol. The summed E-state index contributed by atoms with van der Waals surface area (Å²) in [5, 5.41) is 2.95. The molecule has 4 nitrogen and oxygen atoms in total. The van der Waals surface area contributed by atoms with Crippen LogP contribution in [0.25, 0.3) is 0 Å². The van der Waals surface area contributed by atoms with Crippen molar-refractivity contribution in [1.29, 1.82) is 0 Å². The van der Waals surface area contributed by atoms with Crippen LogP contribution in [0, 0.1) is 4.91 Å². The summed E-state index contributed by atoms with van der Waals surface area (Å²) in [6.45, 7) is 1.95. The first-order valence-electron chi connectivity index (χ1n) is 4.04. The van der Waals surface area contributed by atoms with Crippen molar-refractivity contribution in [3.05, 3.63) is 28.7 Å². The molecule has 1 aromatic carbocycles. The Balaban J connectivity index is 2.46. The van der Waals surface area contributed by atoms with Gasteiger partial charge in [0.05, 0.1) is 0 Å². The second-order valence-electron chi connectivity index (χ2n) is 2.86. The molecule has 1 aliphatic rings. The Morgan fingerprint density at radius 3 is 3.08 bits per heavy atom. The smallest absolute Gasteiger partial charge is 0.231 e. The van der Waals surface area contributed by atoms with Crippen LogP contribution in [-0.4, -0.2) is 6.79 Å². The number of benzene rings is 1. The van der Waals surface area contributed by atoms with Crippen molar-refractivity contribution in [3.8, 4) is 11.5 Å². The van der Waals surface area contributed by atoms with E-state index in [0.717, 1.165) is 5.56 Å². The highest BCUT2D eigenvalue weighted by atomic mass is 16.7. The van der Waals surface area contributed by atoms with Gasteiger partial charge in [0, 0.05) is 5.56 Å². The molecule has 0 aromatic heterocycles. The fourth-order valence-electron chi connectivity index (χ4n) is 1.34. The number of hydrogen-bond donors (Lipinski definition) is 0. The maximum atomic E-state index is 10.4. The number of hydrogen-bond acceptors (Lipinski definition) is 4. The molecule has 1 unspecified atom stereocenters. The molecule has 0 spiro atoms. The van der Waals surface area contributed by atoms with Crippen LogP contribution in [0.3, 0.4) is 0 Å². The molecule has 1 atom stereocenters. The zero-order chi connectivity index (χ0) is 9.26. The van der Waals surface area contributed by atoms with Crippen LogP contribution < -0.4 is 9.47 Å². The van der Waals surface area contributed by atoms with Crippen molar-refractivity contribution in [3.63, 3.8) is 0 Å². The third-order valence-corrected chi connectivity index (χ3v) is 2.04. The number of nitroso groups, excluding NO2 is 1. The van der Waals surface area contributed by atoms with Gasteiger partial charge >= 0.3 is 0 Å². The van der Waals surface area contributed by atoms with Crippen molar-refractivity contribution in [1.82, 2.24) is 0 Å². The number of fused-ring (bicyclic) bond motifs is 1. The lowest BCUT2D eigenvalue weighted by Gasteiger charge is -2.05. The molecule has 0 radical (unpaired) electrons. The third-order valence-electron chi connectivity index (χ3n) is 2.04. The molecule has 4 heteroatoms. The van der Waals surface area contributed by atoms with Gasteiger partial charge in [-0.15, -0.1) is 0 Å². The first kappa shape index (κ1) is 8.04. The average Bonchev–Trinajstić information content (AvgIpc) is 2.63. The highest BCUT2D eigenvalue weighted by Gasteiger charge is 2.20. The van der Waals surface area contributed by atoms with Crippen molar-refractivity contribution < 1.29 is 9.47 Å². The highest BCUT2D eigenvalue weighted by molar-refractivity contribution is 5.49. The van der Waals surface area contributed by atoms with Gasteiger partial charge < -0.3 is 9.47 Å². The number of rotatable bonds is 2. The second-order valence-corrected chi connectivity index (χ2v) is 2.86. The van der Waals surface area contributed by atoms with E-state index in [1.807, 2.05) is 18.2 Å². The summed E-state index contributed by atoms with van der Waals surface area (Å²) in [6.07, 6.45) is 0. The molecule has 1 heterocycles. The molecule has 0 N–H and O–H groups in total. The van der Waals surface area contributed by atoms with E-state index in [4.69, 9.17) is 9.47 Å². The molecular formula is C9H9NO3. The Hall–Kier alpha value is -1.58. The van der Waals surface area contributed by atoms with Gasteiger partial charge in [0.1, 0.15) is 6.04 Å². The molecule has 0 fully saturated rings. The fourth-order valence-corrected chi connectivity index (χ4v) is 1.34. The topological polar surface area (TPSA) is 47.9 Å². The van der Waals surface area contributed by atoms with Gasteiger partial charge in [0.25, 0.3) is 0 Å². The van der Waals surface area contributed by atoms with Gasteiger partial charge in [-0.25, -0.2) is 0 Å². The Bertz CT molecular complexity index is 338. The van der Waals surface area contributed by atoms with Crippen molar-refractivity contribution in [2.45, 2.75) is 13.0 Å². The van der Waals surface area contributed by atoms with E-state index in [1.54, 1.807) is 6.92 Å². The van der Waals surface area contributed by atoms with Crippen LogP contribution >= 0.6 is 0 Å². The van der Waals surface area contributed by atoms with Crippen LogP contribution in [0.4, 0.5) is 0 Å².